The van der Waals surface area contributed by atoms with Crippen molar-refractivity contribution in [2.45, 2.75) is 32.4 Å². The Morgan fingerprint density at radius 1 is 1.26 bits per heavy atom. The molecule has 1 aromatic carbocycles. The standard InChI is InChI=1S/C14H16F2N2O/c1-9(2)18-7-6-10(17-18)8-13(19)11-4-3-5-12(15)14(11)16/h3-7,9,13,19H,8H2,1-2H3. The number of aliphatic hydroxyl groups excluding tert-OH is 1. The summed E-state index contributed by atoms with van der Waals surface area (Å²) in [6.07, 6.45) is 0.848. The Bertz CT molecular complexity index is 566. The molecule has 0 saturated carbocycles. The largest absolute Gasteiger partial charge is 0.388 e. The number of rotatable bonds is 4. The first-order valence-corrected chi connectivity index (χ1v) is 6.15. The zero-order valence-electron chi connectivity index (χ0n) is 10.8. The molecule has 0 saturated heterocycles. The van der Waals surface area contributed by atoms with Crippen molar-refractivity contribution < 1.29 is 13.9 Å². The van der Waals surface area contributed by atoms with E-state index in [-0.39, 0.29) is 18.0 Å². The Morgan fingerprint density at radius 2 is 2.00 bits per heavy atom. The van der Waals surface area contributed by atoms with Gasteiger partial charge in [0.1, 0.15) is 0 Å². The van der Waals surface area contributed by atoms with Gasteiger partial charge in [0.15, 0.2) is 11.6 Å². The summed E-state index contributed by atoms with van der Waals surface area (Å²) in [5, 5.41) is 14.2. The van der Waals surface area contributed by atoms with Crippen LogP contribution in [0.2, 0.25) is 0 Å². The number of hydrogen-bond donors (Lipinski definition) is 1. The first-order chi connectivity index (χ1) is 8.99. The lowest BCUT2D eigenvalue weighted by Gasteiger charge is -2.11. The minimum absolute atomic E-state index is 0.0425. The molecule has 19 heavy (non-hydrogen) atoms. The van der Waals surface area contributed by atoms with Crippen molar-refractivity contribution in [3.63, 3.8) is 0 Å². The highest BCUT2D eigenvalue weighted by molar-refractivity contribution is 5.22. The second-order valence-electron chi connectivity index (χ2n) is 4.74. The quantitative estimate of drug-likeness (QED) is 0.923. The molecule has 0 radical (unpaired) electrons. The predicted molar refractivity (Wildman–Crippen MR) is 67.6 cm³/mol. The average molecular weight is 266 g/mol. The molecule has 1 N–H and O–H groups in total. The van der Waals surface area contributed by atoms with Crippen molar-refractivity contribution in [2.24, 2.45) is 0 Å². The lowest BCUT2D eigenvalue weighted by Crippen LogP contribution is -2.07. The van der Waals surface area contributed by atoms with Gasteiger partial charge in [0.2, 0.25) is 0 Å². The summed E-state index contributed by atoms with van der Waals surface area (Å²) in [6, 6.07) is 5.77. The van der Waals surface area contributed by atoms with Gasteiger partial charge in [-0.15, -0.1) is 0 Å². The maximum absolute atomic E-state index is 13.5. The van der Waals surface area contributed by atoms with Gasteiger partial charge in [-0.1, -0.05) is 12.1 Å². The third-order valence-corrected chi connectivity index (χ3v) is 2.94. The highest BCUT2D eigenvalue weighted by Crippen LogP contribution is 2.22. The van der Waals surface area contributed by atoms with Crippen LogP contribution in [0.1, 0.15) is 37.3 Å². The molecule has 0 amide bonds. The summed E-state index contributed by atoms with van der Waals surface area (Å²) < 4.78 is 28.4. The molecule has 0 fully saturated rings. The van der Waals surface area contributed by atoms with Crippen LogP contribution in [0.3, 0.4) is 0 Å². The van der Waals surface area contributed by atoms with Crippen LogP contribution in [-0.2, 0) is 6.42 Å². The lowest BCUT2D eigenvalue weighted by molar-refractivity contribution is 0.170. The third kappa shape index (κ3) is 2.98. The fourth-order valence-corrected chi connectivity index (χ4v) is 1.86. The summed E-state index contributed by atoms with van der Waals surface area (Å²) in [6.45, 7) is 3.97. The van der Waals surface area contributed by atoms with Gasteiger partial charge in [0.25, 0.3) is 0 Å². The zero-order valence-corrected chi connectivity index (χ0v) is 10.8. The molecular formula is C14H16F2N2O. The zero-order chi connectivity index (χ0) is 14.0. The highest BCUT2D eigenvalue weighted by atomic mass is 19.2. The van der Waals surface area contributed by atoms with E-state index in [1.807, 2.05) is 13.8 Å². The summed E-state index contributed by atoms with van der Waals surface area (Å²) >= 11 is 0. The topological polar surface area (TPSA) is 38.0 Å². The van der Waals surface area contributed by atoms with Crippen LogP contribution in [0.15, 0.2) is 30.5 Å². The molecule has 0 aliphatic carbocycles. The van der Waals surface area contributed by atoms with Gasteiger partial charge >= 0.3 is 0 Å². The van der Waals surface area contributed by atoms with Crippen LogP contribution in [0, 0.1) is 11.6 Å². The van der Waals surface area contributed by atoms with Crippen molar-refractivity contribution in [1.82, 2.24) is 9.78 Å². The molecule has 0 spiro atoms. The second kappa shape index (κ2) is 5.48. The van der Waals surface area contributed by atoms with E-state index in [2.05, 4.69) is 5.10 Å². The highest BCUT2D eigenvalue weighted by Gasteiger charge is 2.17. The molecule has 1 heterocycles. The fraction of sp³-hybridized carbons (Fsp3) is 0.357. The van der Waals surface area contributed by atoms with E-state index in [0.717, 1.165) is 6.07 Å². The first-order valence-electron chi connectivity index (χ1n) is 6.15. The Labute approximate surface area is 110 Å². The monoisotopic (exact) mass is 266 g/mol. The van der Waals surface area contributed by atoms with E-state index in [1.54, 1.807) is 16.9 Å². The van der Waals surface area contributed by atoms with E-state index in [4.69, 9.17) is 0 Å². The van der Waals surface area contributed by atoms with Gasteiger partial charge in [0.05, 0.1) is 11.8 Å². The molecular weight excluding hydrogens is 250 g/mol. The Balaban J connectivity index is 2.16. The van der Waals surface area contributed by atoms with Crippen molar-refractivity contribution in [1.29, 1.82) is 0 Å². The normalized spacial score (nSPS) is 12.9. The number of halogens is 2. The molecule has 3 nitrogen and oxygen atoms in total. The minimum atomic E-state index is -1.11. The summed E-state index contributed by atoms with van der Waals surface area (Å²) in [7, 11) is 0. The Kier molecular flexibility index (Phi) is 3.95. The van der Waals surface area contributed by atoms with Crippen LogP contribution >= 0.6 is 0 Å². The van der Waals surface area contributed by atoms with Gasteiger partial charge in [0, 0.05) is 24.2 Å². The van der Waals surface area contributed by atoms with E-state index < -0.39 is 17.7 Å². The maximum atomic E-state index is 13.5. The van der Waals surface area contributed by atoms with Crippen LogP contribution in [-0.4, -0.2) is 14.9 Å². The second-order valence-corrected chi connectivity index (χ2v) is 4.74. The van der Waals surface area contributed by atoms with Crippen LogP contribution in [0.25, 0.3) is 0 Å². The molecule has 0 bridgehead atoms. The summed E-state index contributed by atoms with van der Waals surface area (Å²) in [5.74, 6) is -1.96. The van der Waals surface area contributed by atoms with E-state index in [9.17, 15) is 13.9 Å². The maximum Gasteiger partial charge on any atom is 0.164 e. The SMILES string of the molecule is CC(C)n1ccc(CC(O)c2cccc(F)c2F)n1. The number of aliphatic hydroxyl groups is 1. The molecule has 102 valence electrons. The Hall–Kier alpha value is -1.75. The minimum Gasteiger partial charge on any atom is -0.388 e. The third-order valence-electron chi connectivity index (χ3n) is 2.94. The average Bonchev–Trinajstić information content (AvgIpc) is 2.81. The van der Waals surface area contributed by atoms with Crippen LogP contribution in [0.5, 0.6) is 0 Å². The van der Waals surface area contributed by atoms with Crippen LogP contribution < -0.4 is 0 Å². The lowest BCUT2D eigenvalue weighted by atomic mass is 10.0. The number of hydrogen-bond acceptors (Lipinski definition) is 2. The van der Waals surface area contributed by atoms with Crippen molar-refractivity contribution in [3.8, 4) is 0 Å². The van der Waals surface area contributed by atoms with Gasteiger partial charge in [-0.05, 0) is 26.0 Å². The van der Waals surface area contributed by atoms with Gasteiger partial charge in [-0.25, -0.2) is 8.78 Å². The van der Waals surface area contributed by atoms with Crippen molar-refractivity contribution in [3.05, 3.63) is 53.4 Å². The van der Waals surface area contributed by atoms with E-state index in [0.29, 0.717) is 5.69 Å². The molecule has 0 aliphatic heterocycles. The van der Waals surface area contributed by atoms with Gasteiger partial charge in [-0.3, -0.25) is 4.68 Å². The summed E-state index contributed by atoms with van der Waals surface area (Å²) in [4.78, 5) is 0. The molecule has 2 rings (SSSR count). The predicted octanol–water partition coefficient (Wildman–Crippen LogP) is 3.02. The van der Waals surface area contributed by atoms with Crippen LogP contribution in [0.4, 0.5) is 8.78 Å². The first kappa shape index (κ1) is 13.7. The summed E-state index contributed by atoms with van der Waals surface area (Å²) in [5.41, 5.74) is 0.601. The number of aromatic nitrogens is 2. The van der Waals surface area contributed by atoms with E-state index in [1.165, 1.54) is 12.1 Å². The van der Waals surface area contributed by atoms with Crippen molar-refractivity contribution >= 4 is 0 Å². The van der Waals surface area contributed by atoms with Gasteiger partial charge in [-0.2, -0.15) is 5.10 Å². The molecule has 0 aliphatic rings. The molecule has 1 aromatic heterocycles. The number of benzene rings is 1. The molecule has 2 aromatic rings. The van der Waals surface area contributed by atoms with Crippen molar-refractivity contribution in [2.75, 3.05) is 0 Å². The molecule has 1 atom stereocenters. The smallest absolute Gasteiger partial charge is 0.164 e. The molecule has 1 unspecified atom stereocenters. The van der Waals surface area contributed by atoms with Gasteiger partial charge < -0.3 is 5.11 Å². The molecule has 5 heteroatoms. The Morgan fingerprint density at radius 3 is 2.63 bits per heavy atom. The number of nitrogens with zero attached hydrogens (tertiary/aromatic N) is 2. The van der Waals surface area contributed by atoms with E-state index >= 15 is 0 Å². The fourth-order valence-electron chi connectivity index (χ4n) is 1.86.